The molecule has 0 N–H and O–H groups in total. The summed E-state index contributed by atoms with van der Waals surface area (Å²) in [6, 6.07) is 8.08. The van der Waals surface area contributed by atoms with Crippen LogP contribution in [0.4, 0.5) is 5.69 Å². The Morgan fingerprint density at radius 3 is 2.73 bits per heavy atom. The molecular weight excluding hydrogens is 186 g/mol. The maximum atomic E-state index is 10.5. The van der Waals surface area contributed by atoms with E-state index in [1.165, 1.54) is 5.56 Å². The van der Waals surface area contributed by atoms with Gasteiger partial charge in [0.05, 0.1) is 13.2 Å². The van der Waals surface area contributed by atoms with Crippen molar-refractivity contribution < 1.29 is 5.11 Å². The summed E-state index contributed by atoms with van der Waals surface area (Å²) >= 11 is 0. The van der Waals surface area contributed by atoms with Crippen molar-refractivity contribution in [2.75, 3.05) is 24.6 Å². The fourth-order valence-electron chi connectivity index (χ4n) is 1.57. The van der Waals surface area contributed by atoms with Crippen LogP contribution in [0.25, 0.3) is 0 Å². The standard InChI is InChI=1S/C13H16NO/c1-3-9-14(10-6-11-15)13-8-5-4-7-12(13)2/h1,4-5,7-8H,6,9-11H2,2H3. The SMILES string of the molecule is C#CCN(CCC[O])c1ccccc1C. The molecule has 1 aromatic rings. The molecule has 0 aliphatic rings. The Kier molecular flexibility index (Phi) is 4.73. The smallest absolute Gasteiger partial charge is 0.0839 e. The predicted molar refractivity (Wildman–Crippen MR) is 62.4 cm³/mol. The normalized spacial score (nSPS) is 9.67. The molecule has 0 saturated carbocycles. The summed E-state index contributed by atoms with van der Waals surface area (Å²) in [7, 11) is 0. The van der Waals surface area contributed by atoms with Crippen molar-refractivity contribution in [2.45, 2.75) is 13.3 Å². The van der Waals surface area contributed by atoms with Gasteiger partial charge in [0.15, 0.2) is 0 Å². The lowest BCUT2D eigenvalue weighted by Gasteiger charge is -2.23. The minimum absolute atomic E-state index is 0.0487. The first kappa shape index (κ1) is 11.6. The third-order valence-corrected chi connectivity index (χ3v) is 2.31. The van der Waals surface area contributed by atoms with Gasteiger partial charge in [-0.05, 0) is 25.0 Å². The van der Waals surface area contributed by atoms with E-state index in [1.807, 2.05) is 18.2 Å². The molecule has 0 aliphatic heterocycles. The van der Waals surface area contributed by atoms with Crippen molar-refractivity contribution in [3.8, 4) is 12.3 Å². The molecule has 0 saturated heterocycles. The van der Waals surface area contributed by atoms with Gasteiger partial charge in [0, 0.05) is 12.2 Å². The number of benzene rings is 1. The van der Waals surface area contributed by atoms with Gasteiger partial charge in [-0.3, -0.25) is 0 Å². The van der Waals surface area contributed by atoms with Gasteiger partial charge in [-0.1, -0.05) is 24.1 Å². The van der Waals surface area contributed by atoms with Crippen molar-refractivity contribution >= 4 is 5.69 Å². The number of para-hydroxylation sites is 1. The number of rotatable bonds is 5. The topological polar surface area (TPSA) is 23.1 Å². The summed E-state index contributed by atoms with van der Waals surface area (Å²) in [6.07, 6.45) is 5.95. The first-order valence-corrected chi connectivity index (χ1v) is 5.11. The molecule has 0 unspecified atom stereocenters. The lowest BCUT2D eigenvalue weighted by Crippen LogP contribution is -2.26. The van der Waals surface area contributed by atoms with Crippen molar-refractivity contribution in [1.29, 1.82) is 0 Å². The first-order valence-electron chi connectivity index (χ1n) is 5.11. The fraction of sp³-hybridized carbons (Fsp3) is 0.385. The van der Waals surface area contributed by atoms with Crippen LogP contribution >= 0.6 is 0 Å². The molecule has 0 aliphatic carbocycles. The van der Waals surface area contributed by atoms with Crippen molar-refractivity contribution in [2.24, 2.45) is 0 Å². The Labute approximate surface area is 91.5 Å². The van der Waals surface area contributed by atoms with Gasteiger partial charge < -0.3 is 4.90 Å². The number of terminal acetylenes is 1. The molecule has 1 rings (SSSR count). The van der Waals surface area contributed by atoms with Crippen LogP contribution in [0.15, 0.2) is 24.3 Å². The molecule has 0 fully saturated rings. The zero-order valence-corrected chi connectivity index (χ0v) is 9.07. The number of aryl methyl sites for hydroxylation is 1. The van der Waals surface area contributed by atoms with Gasteiger partial charge in [-0.25, -0.2) is 5.11 Å². The number of nitrogens with zero attached hydrogens (tertiary/aromatic N) is 1. The van der Waals surface area contributed by atoms with E-state index in [-0.39, 0.29) is 6.61 Å². The molecule has 2 heteroatoms. The largest absolute Gasteiger partial charge is 0.360 e. The van der Waals surface area contributed by atoms with Crippen LogP contribution in [0, 0.1) is 19.3 Å². The second-order valence-corrected chi connectivity index (χ2v) is 3.47. The maximum absolute atomic E-state index is 10.5. The summed E-state index contributed by atoms with van der Waals surface area (Å²) in [6.45, 7) is 3.30. The number of anilines is 1. The molecule has 0 heterocycles. The van der Waals surface area contributed by atoms with Crippen LogP contribution in [0.3, 0.4) is 0 Å². The third kappa shape index (κ3) is 3.30. The van der Waals surface area contributed by atoms with E-state index in [9.17, 15) is 5.11 Å². The Balaban J connectivity index is 2.79. The van der Waals surface area contributed by atoms with Crippen molar-refractivity contribution in [3.63, 3.8) is 0 Å². The van der Waals surface area contributed by atoms with Gasteiger partial charge >= 0.3 is 0 Å². The molecule has 0 amide bonds. The average molecular weight is 202 g/mol. The maximum Gasteiger partial charge on any atom is 0.0839 e. The monoisotopic (exact) mass is 202 g/mol. The fourth-order valence-corrected chi connectivity index (χ4v) is 1.57. The minimum Gasteiger partial charge on any atom is -0.360 e. The molecule has 0 aromatic heterocycles. The third-order valence-electron chi connectivity index (χ3n) is 2.31. The van der Waals surface area contributed by atoms with E-state index in [1.54, 1.807) is 0 Å². The second-order valence-electron chi connectivity index (χ2n) is 3.47. The summed E-state index contributed by atoms with van der Waals surface area (Å²) in [5, 5.41) is 10.5. The molecule has 0 bridgehead atoms. The zero-order chi connectivity index (χ0) is 11.1. The Morgan fingerprint density at radius 1 is 1.40 bits per heavy atom. The molecule has 2 nitrogen and oxygen atoms in total. The van der Waals surface area contributed by atoms with Crippen molar-refractivity contribution in [3.05, 3.63) is 29.8 Å². The Hall–Kier alpha value is -1.46. The lowest BCUT2D eigenvalue weighted by molar-refractivity contribution is 0.190. The predicted octanol–water partition coefficient (Wildman–Crippen LogP) is 2.26. The van der Waals surface area contributed by atoms with Crippen LogP contribution in [-0.2, 0) is 5.11 Å². The van der Waals surface area contributed by atoms with Crippen LogP contribution in [0.1, 0.15) is 12.0 Å². The van der Waals surface area contributed by atoms with Gasteiger partial charge in [-0.2, -0.15) is 0 Å². The van der Waals surface area contributed by atoms with Gasteiger partial charge in [-0.15, -0.1) is 6.42 Å². The summed E-state index contributed by atoms with van der Waals surface area (Å²) in [4.78, 5) is 2.08. The van der Waals surface area contributed by atoms with Crippen LogP contribution in [0.2, 0.25) is 0 Å². The quantitative estimate of drug-likeness (QED) is 0.672. The van der Waals surface area contributed by atoms with Crippen molar-refractivity contribution in [1.82, 2.24) is 0 Å². The minimum atomic E-state index is -0.0487. The Morgan fingerprint density at radius 2 is 2.13 bits per heavy atom. The Bertz CT molecular complexity index is 341. The molecule has 1 radical (unpaired) electrons. The average Bonchev–Trinajstić information content (AvgIpc) is 2.25. The second kappa shape index (κ2) is 6.10. The molecule has 0 spiro atoms. The van der Waals surface area contributed by atoms with E-state index in [0.717, 1.165) is 12.2 Å². The van der Waals surface area contributed by atoms with E-state index < -0.39 is 0 Å². The van der Waals surface area contributed by atoms with Gasteiger partial charge in [0.25, 0.3) is 0 Å². The number of hydrogen-bond donors (Lipinski definition) is 0. The van der Waals surface area contributed by atoms with Gasteiger partial charge in [0.2, 0.25) is 0 Å². The summed E-state index contributed by atoms with van der Waals surface area (Å²) < 4.78 is 0. The molecule has 0 atom stereocenters. The van der Waals surface area contributed by atoms with E-state index >= 15 is 0 Å². The van der Waals surface area contributed by atoms with Crippen LogP contribution in [0.5, 0.6) is 0 Å². The zero-order valence-electron chi connectivity index (χ0n) is 9.07. The molecule has 79 valence electrons. The van der Waals surface area contributed by atoms with E-state index in [4.69, 9.17) is 6.42 Å². The first-order chi connectivity index (χ1) is 7.29. The lowest BCUT2D eigenvalue weighted by atomic mass is 10.1. The van der Waals surface area contributed by atoms with E-state index in [2.05, 4.69) is 23.8 Å². The molecule has 1 aromatic carbocycles. The summed E-state index contributed by atoms with van der Waals surface area (Å²) in [5.41, 5.74) is 2.32. The highest BCUT2D eigenvalue weighted by atomic mass is 16.3. The summed E-state index contributed by atoms with van der Waals surface area (Å²) in [5.74, 6) is 2.63. The van der Waals surface area contributed by atoms with Crippen LogP contribution in [-0.4, -0.2) is 19.7 Å². The van der Waals surface area contributed by atoms with Crippen LogP contribution < -0.4 is 4.90 Å². The molecular formula is C13H16NO. The highest BCUT2D eigenvalue weighted by Gasteiger charge is 2.06. The number of hydrogen-bond acceptors (Lipinski definition) is 1. The van der Waals surface area contributed by atoms with Gasteiger partial charge in [0.1, 0.15) is 0 Å². The highest BCUT2D eigenvalue weighted by molar-refractivity contribution is 5.53. The highest BCUT2D eigenvalue weighted by Crippen LogP contribution is 2.18. The molecule has 15 heavy (non-hydrogen) atoms. The van der Waals surface area contributed by atoms with E-state index in [0.29, 0.717) is 13.0 Å².